The van der Waals surface area contributed by atoms with E-state index in [0.717, 1.165) is 34.3 Å². The van der Waals surface area contributed by atoms with Crippen molar-refractivity contribution in [2.24, 2.45) is 4.99 Å². The number of H-pyrrole nitrogens is 1. The molecular formula is C28H27FN6O. The van der Waals surface area contributed by atoms with Gasteiger partial charge in [0, 0.05) is 23.7 Å². The van der Waals surface area contributed by atoms with Crippen molar-refractivity contribution in [3.05, 3.63) is 95.7 Å². The second-order valence-electron chi connectivity index (χ2n) is 8.68. The van der Waals surface area contributed by atoms with Crippen molar-refractivity contribution in [1.29, 1.82) is 0 Å². The van der Waals surface area contributed by atoms with E-state index < -0.39 is 0 Å². The Morgan fingerprint density at radius 3 is 2.61 bits per heavy atom. The number of nitrogens with one attached hydrogen (secondary N) is 2. The van der Waals surface area contributed by atoms with Crippen molar-refractivity contribution >= 4 is 34.8 Å². The smallest absolute Gasteiger partial charge is 0.276 e. The molecule has 0 aliphatic rings. The highest BCUT2D eigenvalue weighted by Crippen LogP contribution is 2.25. The number of aliphatic imine (C=N–C) groups is 1. The average Bonchev–Trinajstić information content (AvgIpc) is 3.28. The van der Waals surface area contributed by atoms with Crippen molar-refractivity contribution in [3.63, 3.8) is 0 Å². The summed E-state index contributed by atoms with van der Waals surface area (Å²) >= 11 is 0. The molecule has 0 aliphatic carbocycles. The van der Waals surface area contributed by atoms with Gasteiger partial charge in [-0.25, -0.2) is 4.39 Å². The number of allylic oxidation sites excluding steroid dienone is 1. The molecule has 182 valence electrons. The molecule has 0 fully saturated rings. The number of carbonyl (C=O) groups is 1. The third-order valence-corrected chi connectivity index (χ3v) is 5.55. The molecule has 2 aromatic carbocycles. The van der Waals surface area contributed by atoms with Crippen LogP contribution >= 0.6 is 0 Å². The van der Waals surface area contributed by atoms with E-state index in [1.165, 1.54) is 12.1 Å². The quantitative estimate of drug-likeness (QED) is 0.254. The van der Waals surface area contributed by atoms with Crippen LogP contribution in [0, 0.1) is 5.82 Å². The summed E-state index contributed by atoms with van der Waals surface area (Å²) in [7, 11) is 3.99. The molecule has 0 bridgehead atoms. The van der Waals surface area contributed by atoms with Gasteiger partial charge in [0.2, 0.25) is 0 Å². The first-order chi connectivity index (χ1) is 17.3. The SMILES string of the molecule is C=N/C=C(\C=C(/C)c1ccc2[nH]nc(C(=O)Nc3ccc(-c4ccc(F)cc4)nc3)c2c1)CN(C)C. The molecule has 1 amide bonds. The molecular weight excluding hydrogens is 455 g/mol. The Morgan fingerprint density at radius 1 is 1.17 bits per heavy atom. The number of aromatic amines is 1. The number of nitrogens with zero attached hydrogens (tertiary/aromatic N) is 4. The molecule has 0 unspecified atom stereocenters. The van der Waals surface area contributed by atoms with Crippen LogP contribution in [0.1, 0.15) is 23.0 Å². The second kappa shape index (κ2) is 10.9. The van der Waals surface area contributed by atoms with E-state index in [1.54, 1.807) is 36.7 Å². The van der Waals surface area contributed by atoms with Crippen LogP contribution in [-0.4, -0.2) is 53.3 Å². The van der Waals surface area contributed by atoms with Gasteiger partial charge >= 0.3 is 0 Å². The summed E-state index contributed by atoms with van der Waals surface area (Å²) in [5, 5.41) is 10.7. The number of likely N-dealkylation sites (N-methyl/N-ethyl adjacent to an activating group) is 1. The Bertz CT molecular complexity index is 1450. The molecule has 4 aromatic rings. The fourth-order valence-corrected chi connectivity index (χ4v) is 3.85. The lowest BCUT2D eigenvalue weighted by Gasteiger charge is -2.11. The Hall–Kier alpha value is -4.43. The van der Waals surface area contributed by atoms with Crippen LogP contribution in [0.4, 0.5) is 10.1 Å². The zero-order chi connectivity index (χ0) is 25.7. The van der Waals surface area contributed by atoms with E-state index in [-0.39, 0.29) is 11.7 Å². The highest BCUT2D eigenvalue weighted by atomic mass is 19.1. The van der Waals surface area contributed by atoms with Gasteiger partial charge in [0.1, 0.15) is 5.82 Å². The number of fused-ring (bicyclic) bond motifs is 1. The second-order valence-corrected chi connectivity index (χ2v) is 8.68. The molecule has 36 heavy (non-hydrogen) atoms. The maximum Gasteiger partial charge on any atom is 0.276 e. The minimum Gasteiger partial charge on any atom is -0.319 e. The fourth-order valence-electron chi connectivity index (χ4n) is 3.85. The van der Waals surface area contributed by atoms with Gasteiger partial charge in [-0.3, -0.25) is 19.9 Å². The Labute approximate surface area is 209 Å². The van der Waals surface area contributed by atoms with Crippen LogP contribution in [0.3, 0.4) is 0 Å². The van der Waals surface area contributed by atoms with E-state index in [1.807, 2.05) is 39.2 Å². The van der Waals surface area contributed by atoms with Gasteiger partial charge in [0.15, 0.2) is 5.69 Å². The normalized spacial score (nSPS) is 12.2. The van der Waals surface area contributed by atoms with Gasteiger partial charge in [0.25, 0.3) is 5.91 Å². The van der Waals surface area contributed by atoms with Crippen LogP contribution < -0.4 is 5.32 Å². The van der Waals surface area contributed by atoms with Crippen molar-refractivity contribution in [3.8, 4) is 11.3 Å². The molecule has 2 N–H and O–H groups in total. The first-order valence-corrected chi connectivity index (χ1v) is 11.3. The molecule has 7 nitrogen and oxygen atoms in total. The average molecular weight is 483 g/mol. The monoisotopic (exact) mass is 482 g/mol. The lowest BCUT2D eigenvalue weighted by atomic mass is 10.0. The fraction of sp³-hybridized carbons (Fsp3) is 0.143. The number of benzene rings is 2. The van der Waals surface area contributed by atoms with Crippen LogP contribution in [-0.2, 0) is 0 Å². The van der Waals surface area contributed by atoms with E-state index in [4.69, 9.17) is 0 Å². The number of amides is 1. The number of hydrogen-bond donors (Lipinski definition) is 2. The molecule has 4 rings (SSSR count). The topological polar surface area (TPSA) is 86.3 Å². The van der Waals surface area contributed by atoms with Crippen molar-refractivity contribution in [1.82, 2.24) is 20.1 Å². The molecule has 0 radical (unpaired) electrons. The highest BCUT2D eigenvalue weighted by Gasteiger charge is 2.16. The summed E-state index contributed by atoms with van der Waals surface area (Å²) in [6, 6.07) is 15.5. The summed E-state index contributed by atoms with van der Waals surface area (Å²) < 4.78 is 13.2. The molecule has 0 saturated carbocycles. The maximum atomic E-state index is 13.2. The molecule has 2 heterocycles. The first kappa shape index (κ1) is 24.7. The standard InChI is InChI=1S/C28H27FN6O/c1-18(13-19(15-30-2)17-35(3)4)21-7-11-26-24(14-21)27(34-33-26)28(36)32-23-10-12-25(31-16-23)20-5-8-22(29)9-6-20/h5-16H,2,17H2,1,3-4H3,(H,32,36)(H,33,34)/b18-13+,19-15+. The summed E-state index contributed by atoms with van der Waals surface area (Å²) in [5.41, 5.74) is 6.07. The number of rotatable bonds is 8. The van der Waals surface area contributed by atoms with Gasteiger partial charge < -0.3 is 10.2 Å². The maximum absolute atomic E-state index is 13.2. The lowest BCUT2D eigenvalue weighted by molar-refractivity contribution is 0.102. The number of anilines is 1. The Balaban J connectivity index is 1.55. The first-order valence-electron chi connectivity index (χ1n) is 11.3. The van der Waals surface area contributed by atoms with Crippen molar-refractivity contribution < 1.29 is 9.18 Å². The number of pyridine rings is 1. The predicted octanol–water partition coefficient (Wildman–Crippen LogP) is 5.57. The number of halogens is 1. The summed E-state index contributed by atoms with van der Waals surface area (Å²) in [6.45, 7) is 6.31. The Morgan fingerprint density at radius 2 is 1.94 bits per heavy atom. The zero-order valence-corrected chi connectivity index (χ0v) is 20.4. The molecule has 0 aliphatic heterocycles. The number of aromatic nitrogens is 3. The van der Waals surface area contributed by atoms with E-state index >= 15 is 0 Å². The van der Waals surface area contributed by atoms with E-state index in [0.29, 0.717) is 22.5 Å². The molecule has 0 atom stereocenters. The number of hydrogen-bond acceptors (Lipinski definition) is 5. The van der Waals surface area contributed by atoms with Crippen LogP contribution in [0.15, 0.2) is 83.6 Å². The van der Waals surface area contributed by atoms with Gasteiger partial charge in [0.05, 0.1) is 23.1 Å². The molecule has 0 spiro atoms. The van der Waals surface area contributed by atoms with Crippen molar-refractivity contribution in [2.75, 3.05) is 26.0 Å². The number of carbonyl (C=O) groups excluding carboxylic acids is 1. The summed E-state index contributed by atoms with van der Waals surface area (Å²) in [5.74, 6) is -0.651. The third-order valence-electron chi connectivity index (χ3n) is 5.55. The zero-order valence-electron chi connectivity index (χ0n) is 20.4. The Kier molecular flexibility index (Phi) is 7.46. The largest absolute Gasteiger partial charge is 0.319 e. The molecule has 8 heteroatoms. The van der Waals surface area contributed by atoms with Gasteiger partial charge in [-0.05, 0) is 93.0 Å². The van der Waals surface area contributed by atoms with Crippen LogP contribution in [0.25, 0.3) is 27.7 Å². The van der Waals surface area contributed by atoms with Crippen LogP contribution in [0.2, 0.25) is 0 Å². The summed E-state index contributed by atoms with van der Waals surface area (Å²) in [6.07, 6.45) is 5.37. The molecule has 2 aromatic heterocycles. The third kappa shape index (κ3) is 5.79. The highest BCUT2D eigenvalue weighted by molar-refractivity contribution is 6.11. The van der Waals surface area contributed by atoms with Crippen molar-refractivity contribution in [2.45, 2.75) is 6.92 Å². The minimum atomic E-state index is -0.347. The van der Waals surface area contributed by atoms with E-state index in [2.05, 4.69) is 43.2 Å². The van der Waals surface area contributed by atoms with Crippen LogP contribution in [0.5, 0.6) is 0 Å². The lowest BCUT2D eigenvalue weighted by Crippen LogP contribution is -2.14. The minimum absolute atomic E-state index is 0.291. The summed E-state index contributed by atoms with van der Waals surface area (Å²) in [4.78, 5) is 23.4. The van der Waals surface area contributed by atoms with Gasteiger partial charge in [-0.2, -0.15) is 5.10 Å². The van der Waals surface area contributed by atoms with Gasteiger partial charge in [-0.1, -0.05) is 12.1 Å². The molecule has 0 saturated heterocycles. The van der Waals surface area contributed by atoms with Gasteiger partial charge in [-0.15, -0.1) is 0 Å². The van der Waals surface area contributed by atoms with E-state index in [9.17, 15) is 9.18 Å². The predicted molar refractivity (Wildman–Crippen MR) is 144 cm³/mol.